The van der Waals surface area contributed by atoms with Crippen molar-refractivity contribution in [2.75, 3.05) is 0 Å². The molecule has 0 saturated heterocycles. The third-order valence-corrected chi connectivity index (χ3v) is 3.76. The van der Waals surface area contributed by atoms with Crippen LogP contribution in [0, 0.1) is 11.8 Å². The van der Waals surface area contributed by atoms with Crippen molar-refractivity contribution < 1.29 is 9.90 Å². The van der Waals surface area contributed by atoms with Crippen molar-refractivity contribution in [1.82, 2.24) is 0 Å². The SMILES string of the molecule is O=C(O)[C@@H]1[C@@H]2Cc3c(Cl)cccc3[C@@H]21. The van der Waals surface area contributed by atoms with Gasteiger partial charge in [0.05, 0.1) is 5.92 Å². The second-order valence-corrected chi connectivity index (χ2v) is 4.47. The molecule has 1 saturated carbocycles. The van der Waals surface area contributed by atoms with E-state index in [2.05, 4.69) is 0 Å². The molecule has 0 aromatic heterocycles. The molecule has 2 aliphatic carbocycles. The maximum absolute atomic E-state index is 10.8. The van der Waals surface area contributed by atoms with Gasteiger partial charge in [-0.05, 0) is 29.5 Å². The monoisotopic (exact) mass is 208 g/mol. The Balaban J connectivity index is 2.03. The normalized spacial score (nSPS) is 32.2. The second-order valence-electron chi connectivity index (χ2n) is 4.07. The Hall–Kier alpha value is -1.02. The van der Waals surface area contributed by atoms with Crippen LogP contribution in [0.15, 0.2) is 18.2 Å². The number of hydrogen-bond donors (Lipinski definition) is 1. The number of carbonyl (C=O) groups is 1. The lowest BCUT2D eigenvalue weighted by molar-refractivity contribution is -0.139. The number of carboxylic acids is 1. The Morgan fingerprint density at radius 1 is 1.50 bits per heavy atom. The molecule has 0 unspecified atom stereocenters. The van der Waals surface area contributed by atoms with Gasteiger partial charge in [0, 0.05) is 10.9 Å². The molecule has 3 heteroatoms. The molecule has 3 rings (SSSR count). The minimum Gasteiger partial charge on any atom is -0.481 e. The molecule has 0 bridgehead atoms. The first-order valence-electron chi connectivity index (χ1n) is 4.70. The summed E-state index contributed by atoms with van der Waals surface area (Å²) in [5, 5.41) is 9.71. The average molecular weight is 209 g/mol. The summed E-state index contributed by atoms with van der Waals surface area (Å²) in [4.78, 5) is 10.8. The Morgan fingerprint density at radius 2 is 2.29 bits per heavy atom. The predicted octanol–water partition coefficient (Wildman–Crippen LogP) is 2.31. The van der Waals surface area contributed by atoms with E-state index in [0.29, 0.717) is 5.92 Å². The second kappa shape index (κ2) is 2.51. The van der Waals surface area contributed by atoms with Crippen molar-refractivity contribution in [1.29, 1.82) is 0 Å². The van der Waals surface area contributed by atoms with Gasteiger partial charge in [0.15, 0.2) is 0 Å². The molecule has 0 heterocycles. The topological polar surface area (TPSA) is 37.3 Å². The van der Waals surface area contributed by atoms with Crippen LogP contribution in [0.5, 0.6) is 0 Å². The molecule has 72 valence electrons. The van der Waals surface area contributed by atoms with Crippen LogP contribution in [-0.2, 0) is 11.2 Å². The van der Waals surface area contributed by atoms with E-state index in [1.54, 1.807) is 0 Å². The van der Waals surface area contributed by atoms with Crippen LogP contribution >= 0.6 is 11.6 Å². The lowest BCUT2D eigenvalue weighted by Gasteiger charge is -2.06. The summed E-state index contributed by atoms with van der Waals surface area (Å²) >= 11 is 6.04. The van der Waals surface area contributed by atoms with Crippen molar-refractivity contribution in [3.05, 3.63) is 34.3 Å². The molecule has 0 spiro atoms. The minimum atomic E-state index is -0.661. The van der Waals surface area contributed by atoms with Gasteiger partial charge in [-0.3, -0.25) is 4.79 Å². The van der Waals surface area contributed by atoms with Crippen LogP contribution in [-0.4, -0.2) is 11.1 Å². The highest BCUT2D eigenvalue weighted by molar-refractivity contribution is 6.31. The fourth-order valence-corrected chi connectivity index (χ4v) is 2.99. The zero-order valence-electron chi connectivity index (χ0n) is 7.40. The van der Waals surface area contributed by atoms with Gasteiger partial charge in [-0.15, -0.1) is 0 Å². The van der Waals surface area contributed by atoms with Gasteiger partial charge < -0.3 is 5.11 Å². The average Bonchev–Trinajstić information content (AvgIpc) is 2.73. The first-order valence-corrected chi connectivity index (χ1v) is 5.08. The number of rotatable bonds is 1. The standard InChI is InChI=1S/C11H9ClO2/c12-8-3-1-2-5-6(8)4-7-9(5)10(7)11(13)14/h1-3,7,9-10H,4H2,(H,13,14)/t7-,9+,10-/m1/s1. The third kappa shape index (κ3) is 0.894. The zero-order valence-corrected chi connectivity index (χ0v) is 8.16. The van der Waals surface area contributed by atoms with Crippen LogP contribution in [0.3, 0.4) is 0 Å². The molecule has 0 aliphatic heterocycles. The molecule has 1 N–H and O–H groups in total. The molecule has 0 radical (unpaired) electrons. The van der Waals surface area contributed by atoms with Crippen molar-refractivity contribution in [3.8, 4) is 0 Å². The van der Waals surface area contributed by atoms with Gasteiger partial charge in [0.25, 0.3) is 0 Å². The van der Waals surface area contributed by atoms with Gasteiger partial charge in [0.2, 0.25) is 0 Å². The van der Waals surface area contributed by atoms with Crippen LogP contribution in [0.1, 0.15) is 17.0 Å². The lowest BCUT2D eigenvalue weighted by atomic mass is 10.0. The number of benzene rings is 1. The van der Waals surface area contributed by atoms with Crippen molar-refractivity contribution in [3.63, 3.8) is 0 Å². The summed E-state index contributed by atoms with van der Waals surface area (Å²) in [5.41, 5.74) is 2.33. The maximum Gasteiger partial charge on any atom is 0.307 e. The van der Waals surface area contributed by atoms with Crippen LogP contribution in [0.2, 0.25) is 5.02 Å². The van der Waals surface area contributed by atoms with Crippen molar-refractivity contribution in [2.45, 2.75) is 12.3 Å². The fourth-order valence-electron chi connectivity index (χ4n) is 2.73. The van der Waals surface area contributed by atoms with Crippen molar-refractivity contribution >= 4 is 17.6 Å². The van der Waals surface area contributed by atoms with E-state index in [-0.39, 0.29) is 11.8 Å². The molecule has 2 nitrogen and oxygen atoms in total. The molecule has 1 aromatic carbocycles. The van der Waals surface area contributed by atoms with E-state index in [4.69, 9.17) is 16.7 Å². The molecule has 0 amide bonds. The summed E-state index contributed by atoms with van der Waals surface area (Å²) in [5.74, 6) is -0.268. The Morgan fingerprint density at radius 3 is 3.00 bits per heavy atom. The summed E-state index contributed by atoms with van der Waals surface area (Å²) in [6.07, 6.45) is 0.844. The van der Waals surface area contributed by atoms with E-state index >= 15 is 0 Å². The van der Waals surface area contributed by atoms with E-state index < -0.39 is 5.97 Å². The van der Waals surface area contributed by atoms with Crippen LogP contribution in [0.4, 0.5) is 0 Å². The lowest BCUT2D eigenvalue weighted by Crippen LogP contribution is -2.05. The number of aliphatic carboxylic acids is 1. The molecular weight excluding hydrogens is 200 g/mol. The molecular formula is C11H9ClO2. The maximum atomic E-state index is 10.8. The Bertz CT molecular complexity index is 427. The zero-order chi connectivity index (χ0) is 9.87. The van der Waals surface area contributed by atoms with E-state index in [0.717, 1.165) is 17.0 Å². The minimum absolute atomic E-state index is 0.152. The van der Waals surface area contributed by atoms with Gasteiger partial charge in [0.1, 0.15) is 0 Å². The van der Waals surface area contributed by atoms with Crippen LogP contribution < -0.4 is 0 Å². The molecule has 3 atom stereocenters. The Labute approximate surface area is 86.5 Å². The largest absolute Gasteiger partial charge is 0.481 e. The quantitative estimate of drug-likeness (QED) is 0.769. The highest BCUT2D eigenvalue weighted by Gasteiger charge is 2.59. The molecule has 2 aliphatic rings. The Kier molecular flexibility index (Phi) is 1.49. The van der Waals surface area contributed by atoms with Crippen molar-refractivity contribution in [2.24, 2.45) is 11.8 Å². The highest BCUT2D eigenvalue weighted by atomic mass is 35.5. The third-order valence-electron chi connectivity index (χ3n) is 3.41. The molecule has 14 heavy (non-hydrogen) atoms. The van der Waals surface area contributed by atoms with Gasteiger partial charge in [-0.25, -0.2) is 0 Å². The van der Waals surface area contributed by atoms with Crippen LogP contribution in [0.25, 0.3) is 0 Å². The molecule has 1 aromatic rings. The number of fused-ring (bicyclic) bond motifs is 3. The summed E-state index contributed by atoms with van der Waals surface area (Å²) < 4.78 is 0. The number of hydrogen-bond acceptors (Lipinski definition) is 1. The smallest absolute Gasteiger partial charge is 0.307 e. The van der Waals surface area contributed by atoms with E-state index in [1.165, 1.54) is 5.56 Å². The summed E-state index contributed by atoms with van der Waals surface area (Å²) in [6.45, 7) is 0. The van der Waals surface area contributed by atoms with E-state index in [1.807, 2.05) is 18.2 Å². The molecule has 1 fully saturated rings. The first kappa shape index (κ1) is 8.30. The van der Waals surface area contributed by atoms with Gasteiger partial charge in [-0.2, -0.15) is 0 Å². The number of carboxylic acid groups (broad SMARTS) is 1. The first-order chi connectivity index (χ1) is 6.70. The van der Waals surface area contributed by atoms with Gasteiger partial charge >= 0.3 is 5.97 Å². The van der Waals surface area contributed by atoms with E-state index in [9.17, 15) is 4.79 Å². The predicted molar refractivity (Wildman–Crippen MR) is 52.5 cm³/mol. The highest BCUT2D eigenvalue weighted by Crippen LogP contribution is 2.62. The van der Waals surface area contributed by atoms with Gasteiger partial charge in [-0.1, -0.05) is 23.7 Å². The number of halogens is 1. The summed E-state index contributed by atoms with van der Waals surface area (Å²) in [7, 11) is 0. The summed E-state index contributed by atoms with van der Waals surface area (Å²) in [6, 6.07) is 5.79. The fraction of sp³-hybridized carbons (Fsp3) is 0.364.